The Labute approximate surface area is 439 Å². The molecule has 4 saturated carbocycles. The van der Waals surface area contributed by atoms with E-state index in [0.717, 1.165) is 23.0 Å². The van der Waals surface area contributed by atoms with Crippen molar-refractivity contribution in [1.29, 1.82) is 0 Å². The van der Waals surface area contributed by atoms with Gasteiger partial charge in [0.15, 0.2) is 0 Å². The molecule has 0 amide bonds. The predicted molar refractivity (Wildman–Crippen MR) is 311 cm³/mol. The summed E-state index contributed by atoms with van der Waals surface area (Å²) in [4.78, 5) is 11.1. The van der Waals surface area contributed by atoms with Crippen LogP contribution in [0.3, 0.4) is 0 Å². The molecule has 15 rings (SSSR count). The summed E-state index contributed by atoms with van der Waals surface area (Å²) in [5.41, 5.74) is 17.6. The Morgan fingerprint density at radius 2 is 0.676 bits per heavy atom. The number of rotatable bonds is 8. The third kappa shape index (κ3) is 7.42. The summed E-state index contributed by atoms with van der Waals surface area (Å²) in [5.74, 6) is 3.94. The predicted octanol–water partition coefficient (Wildman–Crippen LogP) is 13.4. The number of para-hydroxylation sites is 4. The molecule has 0 radical (unpaired) electrons. The van der Waals surface area contributed by atoms with Crippen LogP contribution in [0.25, 0.3) is 0 Å². The van der Waals surface area contributed by atoms with E-state index in [1.54, 1.807) is 0 Å². The Hall–Kier alpha value is -6.53. The summed E-state index contributed by atoms with van der Waals surface area (Å²) >= 11 is 0. The zero-order valence-electron chi connectivity index (χ0n) is 43.1. The SMILES string of the molecule is c1ccc(N2c3cc4c(cc3B3c5ccccc5Oc5cc(N(C6CCCCC6)C6CCCCC6)cc2c53)B2c3ccccc3Oc3cc(N(C5CCCCC5)C5CCCCC5)cc(c32)N4c2ccccc2)cc1. The topological polar surface area (TPSA) is 31.4 Å². The first-order chi connectivity index (χ1) is 36.7. The van der Waals surface area contributed by atoms with Crippen molar-refractivity contribution in [3.05, 3.63) is 146 Å². The standard InChI is InChI=1S/C66H68B2N4O2/c1-7-23-45(24-8-1)69(46-25-9-2-10-26-46)51-39-59-65-63(41-51)73-61-37-21-19-35-53(61)67(65)55-43-56-58(44-57(55)71(59)49-31-15-5-16-32-49)72(50-33-17-6-18-34-50)60-40-52(42-64-66(60)68(56)54-36-20-22-38-62(54)74-64)70(47-27-11-3-12-28-47)48-29-13-4-14-30-48/h5-6,15-22,31-48H,1-4,7-14,23-30H2. The van der Waals surface area contributed by atoms with Crippen LogP contribution in [0.15, 0.2) is 146 Å². The molecule has 0 N–H and O–H groups in total. The van der Waals surface area contributed by atoms with Crippen molar-refractivity contribution in [2.75, 3.05) is 19.6 Å². The maximum Gasteiger partial charge on any atom is 0.256 e. The summed E-state index contributed by atoms with van der Waals surface area (Å²) in [6.07, 6.45) is 26.0. The minimum Gasteiger partial charge on any atom is -0.458 e. The number of hydrogen-bond donors (Lipinski definition) is 0. The molecular weight excluding hydrogens is 902 g/mol. The van der Waals surface area contributed by atoms with Crippen LogP contribution in [0.5, 0.6) is 23.0 Å². The van der Waals surface area contributed by atoms with E-state index in [1.165, 1.54) is 207 Å². The highest BCUT2D eigenvalue weighted by Crippen LogP contribution is 2.50. The highest BCUT2D eigenvalue weighted by molar-refractivity contribution is 7.02. The maximum absolute atomic E-state index is 7.27. The fraction of sp³-hybridized carbons (Fsp3) is 0.364. The van der Waals surface area contributed by atoms with Crippen LogP contribution in [0.2, 0.25) is 0 Å². The molecule has 0 spiro atoms. The maximum atomic E-state index is 7.27. The largest absolute Gasteiger partial charge is 0.458 e. The number of anilines is 8. The summed E-state index contributed by atoms with van der Waals surface area (Å²) < 4.78 is 14.5. The molecule has 7 aromatic rings. The second-order valence-electron chi connectivity index (χ2n) is 23.2. The molecule has 8 aliphatic rings. The van der Waals surface area contributed by atoms with Gasteiger partial charge in [0.2, 0.25) is 0 Å². The van der Waals surface area contributed by atoms with E-state index in [0.29, 0.717) is 24.2 Å². The zero-order valence-corrected chi connectivity index (χ0v) is 43.1. The van der Waals surface area contributed by atoms with Crippen LogP contribution >= 0.6 is 0 Å². The van der Waals surface area contributed by atoms with Crippen molar-refractivity contribution in [3.8, 4) is 23.0 Å². The van der Waals surface area contributed by atoms with Crippen molar-refractivity contribution in [3.63, 3.8) is 0 Å². The molecule has 370 valence electrons. The minimum atomic E-state index is -0.0277. The van der Waals surface area contributed by atoms with Crippen molar-refractivity contribution in [2.24, 2.45) is 0 Å². The van der Waals surface area contributed by atoms with E-state index < -0.39 is 0 Å². The molecule has 0 unspecified atom stereocenters. The monoisotopic (exact) mass is 971 g/mol. The van der Waals surface area contributed by atoms with Gasteiger partial charge in [0, 0.05) is 81.8 Å². The highest BCUT2D eigenvalue weighted by atomic mass is 16.5. The Bertz CT molecular complexity index is 2980. The fourth-order valence-corrected chi connectivity index (χ4v) is 15.7. The Balaban J connectivity index is 0.993. The molecule has 4 aliphatic heterocycles. The average Bonchev–Trinajstić information content (AvgIpc) is 3.46. The van der Waals surface area contributed by atoms with Crippen molar-refractivity contribution < 1.29 is 9.47 Å². The number of benzene rings is 7. The van der Waals surface area contributed by atoms with Crippen LogP contribution in [0.4, 0.5) is 45.5 Å². The second-order valence-corrected chi connectivity index (χ2v) is 23.2. The van der Waals surface area contributed by atoms with Crippen molar-refractivity contribution >= 4 is 91.7 Å². The normalized spacial score (nSPS) is 19.2. The van der Waals surface area contributed by atoms with Gasteiger partial charge < -0.3 is 29.1 Å². The molecule has 0 saturated heterocycles. The molecule has 74 heavy (non-hydrogen) atoms. The molecule has 7 aromatic carbocycles. The lowest BCUT2D eigenvalue weighted by Gasteiger charge is -2.47. The van der Waals surface area contributed by atoms with Crippen LogP contribution < -0.4 is 61.9 Å². The number of ether oxygens (including phenoxy) is 2. The summed E-state index contributed by atoms with van der Waals surface area (Å²) in [6, 6.07) is 57.9. The van der Waals surface area contributed by atoms with Gasteiger partial charge in [-0.05, 0) is 139 Å². The number of nitrogens with zero attached hydrogens (tertiary/aromatic N) is 4. The van der Waals surface area contributed by atoms with Gasteiger partial charge >= 0.3 is 0 Å². The van der Waals surface area contributed by atoms with Crippen LogP contribution in [0, 0.1) is 0 Å². The lowest BCUT2D eigenvalue weighted by molar-refractivity contribution is 0.339. The van der Waals surface area contributed by atoms with Gasteiger partial charge in [0.05, 0.1) is 0 Å². The molecular formula is C66H68B2N4O2. The first-order valence-electron chi connectivity index (χ1n) is 29.1. The van der Waals surface area contributed by atoms with Crippen LogP contribution in [-0.4, -0.2) is 37.6 Å². The van der Waals surface area contributed by atoms with Gasteiger partial charge in [-0.3, -0.25) is 0 Å². The van der Waals surface area contributed by atoms with Gasteiger partial charge in [0.1, 0.15) is 23.0 Å². The Kier molecular flexibility index (Phi) is 11.3. The lowest BCUT2D eigenvalue weighted by Crippen LogP contribution is -2.64. The zero-order chi connectivity index (χ0) is 48.7. The number of hydrogen-bond acceptors (Lipinski definition) is 6. The van der Waals surface area contributed by atoms with Crippen LogP contribution in [-0.2, 0) is 0 Å². The smallest absolute Gasteiger partial charge is 0.256 e. The number of fused-ring (bicyclic) bond motifs is 8. The first-order valence-corrected chi connectivity index (χ1v) is 29.1. The molecule has 0 bridgehead atoms. The van der Waals surface area contributed by atoms with Gasteiger partial charge in [0.25, 0.3) is 13.4 Å². The van der Waals surface area contributed by atoms with Gasteiger partial charge in [-0.15, -0.1) is 0 Å². The van der Waals surface area contributed by atoms with E-state index in [2.05, 4.69) is 165 Å². The summed E-state index contributed by atoms with van der Waals surface area (Å²) in [5, 5.41) is 0. The quantitative estimate of drug-likeness (QED) is 0.141. The minimum absolute atomic E-state index is 0.0277. The average molecular weight is 971 g/mol. The van der Waals surface area contributed by atoms with Crippen LogP contribution in [0.1, 0.15) is 128 Å². The molecule has 0 atom stereocenters. The first kappa shape index (κ1) is 44.9. The molecule has 4 fully saturated rings. The fourth-order valence-electron chi connectivity index (χ4n) is 15.7. The molecule has 4 heterocycles. The van der Waals surface area contributed by atoms with E-state index in [9.17, 15) is 0 Å². The van der Waals surface area contributed by atoms with Crippen molar-refractivity contribution in [1.82, 2.24) is 0 Å². The third-order valence-electron chi connectivity index (χ3n) is 18.9. The summed E-state index contributed by atoms with van der Waals surface area (Å²) in [7, 11) is 0. The highest BCUT2D eigenvalue weighted by Gasteiger charge is 2.48. The van der Waals surface area contributed by atoms with E-state index in [4.69, 9.17) is 9.47 Å². The molecule has 4 aliphatic carbocycles. The lowest BCUT2D eigenvalue weighted by atomic mass is 9.31. The Morgan fingerprint density at radius 1 is 0.324 bits per heavy atom. The van der Waals surface area contributed by atoms with E-state index >= 15 is 0 Å². The molecule has 6 nitrogen and oxygen atoms in total. The Morgan fingerprint density at radius 3 is 1.05 bits per heavy atom. The molecule has 8 heteroatoms. The summed E-state index contributed by atoms with van der Waals surface area (Å²) in [6.45, 7) is -0.0553. The van der Waals surface area contributed by atoms with E-state index in [1.807, 2.05) is 0 Å². The van der Waals surface area contributed by atoms with Gasteiger partial charge in [-0.2, -0.15) is 0 Å². The van der Waals surface area contributed by atoms with Gasteiger partial charge in [-0.25, -0.2) is 0 Å². The second kappa shape index (κ2) is 18.7. The molecule has 0 aromatic heterocycles. The van der Waals surface area contributed by atoms with E-state index in [-0.39, 0.29) is 13.4 Å². The van der Waals surface area contributed by atoms with Gasteiger partial charge in [-0.1, -0.05) is 156 Å². The third-order valence-corrected chi connectivity index (χ3v) is 18.9. The van der Waals surface area contributed by atoms with Crippen molar-refractivity contribution in [2.45, 2.75) is 153 Å².